The molecule has 0 aliphatic rings. The highest BCUT2D eigenvalue weighted by Crippen LogP contribution is 2.76. The zero-order valence-corrected chi connectivity index (χ0v) is 14.6. The number of hydrogen-bond acceptors (Lipinski definition) is 5. The van der Waals surface area contributed by atoms with Gasteiger partial charge in [-0.05, 0) is 26.7 Å². The van der Waals surface area contributed by atoms with E-state index in [1.807, 2.05) is 13.8 Å². The summed E-state index contributed by atoms with van der Waals surface area (Å²) >= 11 is 0. The van der Waals surface area contributed by atoms with Crippen LogP contribution < -0.4 is 0 Å². The van der Waals surface area contributed by atoms with E-state index in [9.17, 15) is 4.57 Å². The maximum absolute atomic E-state index is 13.1. The second kappa shape index (κ2) is 9.83. The summed E-state index contributed by atoms with van der Waals surface area (Å²) in [5.74, 6) is 0. The van der Waals surface area contributed by atoms with Gasteiger partial charge in [-0.1, -0.05) is 12.2 Å². The Hall–Kier alpha value is -0.0200. The molecule has 0 amide bonds. The Morgan fingerprint density at radius 1 is 1.05 bits per heavy atom. The van der Waals surface area contributed by atoms with E-state index in [1.165, 1.54) is 14.2 Å². The Morgan fingerprint density at radius 2 is 1.45 bits per heavy atom. The van der Waals surface area contributed by atoms with Crippen molar-refractivity contribution >= 4 is 16.0 Å². The van der Waals surface area contributed by atoms with Gasteiger partial charge >= 0.3 is 7.60 Å². The molecule has 0 atom stereocenters. The van der Waals surface area contributed by atoms with Crippen molar-refractivity contribution in [2.24, 2.45) is 0 Å². The molecule has 0 aliphatic heterocycles. The maximum Gasteiger partial charge on any atom is 0.345 e. The van der Waals surface area contributed by atoms with Gasteiger partial charge in [0, 0.05) is 14.2 Å². The van der Waals surface area contributed by atoms with Crippen molar-refractivity contribution in [1.82, 2.24) is 0 Å². The Labute approximate surface area is 123 Å². The zero-order chi connectivity index (χ0) is 15.6. The summed E-state index contributed by atoms with van der Waals surface area (Å²) in [6, 6.07) is 0. The van der Waals surface area contributed by atoms with Crippen LogP contribution in [0.15, 0.2) is 25.3 Å². The normalized spacial score (nSPS) is 12.7. The molecule has 0 unspecified atom stereocenters. The van der Waals surface area contributed by atoms with Gasteiger partial charge in [-0.2, -0.15) is 0 Å². The minimum atomic E-state index is -3.43. The first-order valence-electron chi connectivity index (χ1n) is 6.51. The second-order valence-electron chi connectivity index (χ2n) is 3.92. The standard InChI is InChI=1S/C13H26O5P2/c1-7-11-13(12-8-2,20(14,15-5)16-6)19(17-9-3)18-10-4/h7-8H,1-2,9-12H2,3-6H3. The fraction of sp³-hybridized carbons (Fsp3) is 0.692. The van der Waals surface area contributed by atoms with Gasteiger partial charge in [0.05, 0.1) is 13.2 Å². The first-order chi connectivity index (χ1) is 9.51. The lowest BCUT2D eigenvalue weighted by atomic mass is 10.2. The lowest BCUT2D eigenvalue weighted by Gasteiger charge is -2.40. The van der Waals surface area contributed by atoms with Gasteiger partial charge in [0.15, 0.2) is 8.38 Å². The first kappa shape index (κ1) is 20.0. The zero-order valence-electron chi connectivity index (χ0n) is 12.8. The van der Waals surface area contributed by atoms with Gasteiger partial charge in [-0.3, -0.25) is 4.57 Å². The van der Waals surface area contributed by atoms with Crippen molar-refractivity contribution in [3.63, 3.8) is 0 Å². The lowest BCUT2D eigenvalue weighted by Crippen LogP contribution is -2.29. The molecule has 0 aromatic heterocycles. The smallest absolute Gasteiger partial charge is 0.334 e. The van der Waals surface area contributed by atoms with Crippen LogP contribution in [0.4, 0.5) is 0 Å². The molecule has 0 aromatic rings. The third-order valence-corrected chi connectivity index (χ3v) is 8.37. The lowest BCUT2D eigenvalue weighted by molar-refractivity contribution is 0.228. The van der Waals surface area contributed by atoms with Crippen LogP contribution in [-0.4, -0.2) is 32.3 Å². The van der Waals surface area contributed by atoms with Gasteiger partial charge in [-0.25, -0.2) is 0 Å². The van der Waals surface area contributed by atoms with Crippen LogP contribution in [0.25, 0.3) is 0 Å². The van der Waals surface area contributed by atoms with Crippen molar-refractivity contribution in [1.29, 1.82) is 0 Å². The van der Waals surface area contributed by atoms with Crippen molar-refractivity contribution in [2.45, 2.75) is 31.6 Å². The molecule has 0 spiro atoms. The molecule has 0 bridgehead atoms. The van der Waals surface area contributed by atoms with E-state index in [0.29, 0.717) is 26.1 Å². The third-order valence-electron chi connectivity index (χ3n) is 2.77. The fourth-order valence-corrected chi connectivity index (χ4v) is 6.70. The Morgan fingerprint density at radius 3 is 1.70 bits per heavy atom. The Kier molecular flexibility index (Phi) is 9.82. The van der Waals surface area contributed by atoms with Crippen LogP contribution >= 0.6 is 16.0 Å². The topological polar surface area (TPSA) is 54.0 Å². The summed E-state index contributed by atoms with van der Waals surface area (Å²) in [6.07, 6.45) is 4.15. The van der Waals surface area contributed by atoms with E-state index in [4.69, 9.17) is 18.1 Å². The Balaban J connectivity index is 5.87. The average molecular weight is 324 g/mol. The van der Waals surface area contributed by atoms with Gasteiger partial charge in [0.2, 0.25) is 0 Å². The van der Waals surface area contributed by atoms with Crippen molar-refractivity contribution in [3.8, 4) is 0 Å². The summed E-state index contributed by atoms with van der Waals surface area (Å²) < 4.78 is 34.9. The summed E-state index contributed by atoms with van der Waals surface area (Å²) in [7, 11) is -2.17. The molecule has 0 aliphatic carbocycles. The molecular weight excluding hydrogens is 298 g/mol. The van der Waals surface area contributed by atoms with E-state index < -0.39 is 20.9 Å². The van der Waals surface area contributed by atoms with Crippen LogP contribution in [0.1, 0.15) is 26.7 Å². The van der Waals surface area contributed by atoms with Crippen LogP contribution in [-0.2, 0) is 22.7 Å². The second-order valence-corrected chi connectivity index (χ2v) is 8.74. The van der Waals surface area contributed by atoms with Gasteiger partial charge in [-0.15, -0.1) is 13.2 Å². The van der Waals surface area contributed by atoms with E-state index in [0.717, 1.165) is 0 Å². The van der Waals surface area contributed by atoms with Crippen LogP contribution in [0.3, 0.4) is 0 Å². The predicted molar refractivity (Wildman–Crippen MR) is 84.2 cm³/mol. The summed E-state index contributed by atoms with van der Waals surface area (Å²) in [6.45, 7) is 12.1. The molecule has 7 heteroatoms. The largest absolute Gasteiger partial charge is 0.345 e. The average Bonchev–Trinajstić information content (AvgIpc) is 2.45. The fourth-order valence-electron chi connectivity index (χ4n) is 1.94. The molecule has 0 radical (unpaired) electrons. The summed E-state index contributed by atoms with van der Waals surface area (Å²) in [5, 5.41) is 0. The van der Waals surface area contributed by atoms with Gasteiger partial charge < -0.3 is 18.1 Å². The molecule has 20 heavy (non-hydrogen) atoms. The molecule has 0 fully saturated rings. The molecule has 0 N–H and O–H groups in total. The molecule has 0 aromatic carbocycles. The number of rotatable bonds is 12. The molecule has 0 saturated heterocycles. The van der Waals surface area contributed by atoms with Gasteiger partial charge in [0.1, 0.15) is 4.90 Å². The SMILES string of the molecule is C=CCC(CC=C)(P(OCC)OCC)P(=O)(OC)OC. The molecular formula is C13H26O5P2. The van der Waals surface area contributed by atoms with Crippen LogP contribution in [0.2, 0.25) is 0 Å². The van der Waals surface area contributed by atoms with E-state index in [1.54, 1.807) is 12.2 Å². The highest BCUT2D eigenvalue weighted by atomic mass is 31.2. The highest BCUT2D eigenvalue weighted by molar-refractivity contribution is 7.71. The minimum absolute atomic E-state index is 0.393. The maximum atomic E-state index is 13.1. The van der Waals surface area contributed by atoms with E-state index in [2.05, 4.69) is 13.2 Å². The summed E-state index contributed by atoms with van der Waals surface area (Å²) in [5.41, 5.74) is 0. The van der Waals surface area contributed by atoms with Crippen LogP contribution in [0.5, 0.6) is 0 Å². The van der Waals surface area contributed by atoms with Crippen molar-refractivity contribution in [2.75, 3.05) is 27.4 Å². The van der Waals surface area contributed by atoms with Crippen molar-refractivity contribution in [3.05, 3.63) is 25.3 Å². The summed E-state index contributed by atoms with van der Waals surface area (Å²) in [4.78, 5) is -0.929. The predicted octanol–water partition coefficient (Wildman–Crippen LogP) is 4.71. The Bertz CT molecular complexity index is 322. The van der Waals surface area contributed by atoms with Crippen molar-refractivity contribution < 1.29 is 22.7 Å². The monoisotopic (exact) mass is 324 g/mol. The number of allylic oxidation sites excluding steroid dienone is 2. The molecule has 0 heterocycles. The molecule has 0 saturated carbocycles. The highest BCUT2D eigenvalue weighted by Gasteiger charge is 2.56. The van der Waals surface area contributed by atoms with E-state index in [-0.39, 0.29) is 0 Å². The van der Waals surface area contributed by atoms with Crippen LogP contribution in [0, 0.1) is 0 Å². The third kappa shape index (κ3) is 4.24. The first-order valence-corrected chi connectivity index (χ1v) is 9.23. The number of hydrogen-bond donors (Lipinski definition) is 0. The van der Waals surface area contributed by atoms with Gasteiger partial charge in [0.25, 0.3) is 0 Å². The molecule has 0 rings (SSSR count). The minimum Gasteiger partial charge on any atom is -0.334 e. The van der Waals surface area contributed by atoms with E-state index >= 15 is 0 Å². The quantitative estimate of drug-likeness (QED) is 0.384. The molecule has 118 valence electrons. The molecule has 5 nitrogen and oxygen atoms in total.